The van der Waals surface area contributed by atoms with Crippen LogP contribution >= 0.6 is 15.9 Å². The first-order chi connectivity index (χ1) is 7.24. The number of hydrogen-bond donors (Lipinski definition) is 1. The number of unbranched alkanes of at least 4 members (excludes halogenated alkanes) is 2. The van der Waals surface area contributed by atoms with Gasteiger partial charge in [-0.3, -0.25) is 0 Å². The van der Waals surface area contributed by atoms with Gasteiger partial charge in [-0.25, -0.2) is 10.1 Å². The van der Waals surface area contributed by atoms with E-state index in [9.17, 15) is 10.1 Å². The Morgan fingerprint density at radius 3 is 3.00 bits per heavy atom. The van der Waals surface area contributed by atoms with Gasteiger partial charge in [0.05, 0.1) is 0 Å². The molecule has 15 heavy (non-hydrogen) atoms. The van der Waals surface area contributed by atoms with Gasteiger partial charge in [-0.15, -0.1) is 0 Å². The highest BCUT2D eigenvalue weighted by Gasteiger charge is 2.20. The Kier molecular flexibility index (Phi) is 5.38. The molecule has 0 aromatic heterocycles. The molecule has 1 aliphatic rings. The van der Waals surface area contributed by atoms with E-state index in [1.807, 2.05) is 4.90 Å². The van der Waals surface area contributed by atoms with Crippen molar-refractivity contribution in [2.24, 2.45) is 5.10 Å². The number of alkyl halides is 1. The topological polar surface area (TPSA) is 70.8 Å². The molecule has 0 bridgehead atoms. The van der Waals surface area contributed by atoms with Gasteiger partial charge in [0.25, 0.3) is 5.96 Å². The van der Waals surface area contributed by atoms with Crippen LogP contribution in [0, 0.1) is 10.1 Å². The van der Waals surface area contributed by atoms with Gasteiger partial charge in [0.1, 0.15) is 5.10 Å². The molecular formula is C8H15BrN4O2. The number of halogens is 1. The third-order valence-electron chi connectivity index (χ3n) is 2.20. The number of rotatable bonds is 6. The molecule has 7 heteroatoms. The fourth-order valence-electron chi connectivity index (χ4n) is 1.49. The van der Waals surface area contributed by atoms with Gasteiger partial charge in [0, 0.05) is 25.0 Å². The van der Waals surface area contributed by atoms with E-state index in [0.29, 0.717) is 5.96 Å². The van der Waals surface area contributed by atoms with E-state index in [-0.39, 0.29) is 0 Å². The number of nitro groups is 1. The molecule has 6 nitrogen and oxygen atoms in total. The SMILES string of the molecule is O=[N+]([O-])/N=C1/NCCN1CCCCCBr. The molecule has 1 N–H and O–H groups in total. The van der Waals surface area contributed by atoms with E-state index in [4.69, 9.17) is 0 Å². The molecule has 86 valence electrons. The maximum atomic E-state index is 10.2. The van der Waals surface area contributed by atoms with Crippen LogP contribution in [0.5, 0.6) is 0 Å². The molecule has 1 fully saturated rings. The number of hydrogen-bond acceptors (Lipinski definition) is 2. The lowest BCUT2D eigenvalue weighted by atomic mass is 10.2. The maximum Gasteiger partial charge on any atom is 0.271 e. The molecule has 1 heterocycles. The van der Waals surface area contributed by atoms with Gasteiger partial charge >= 0.3 is 0 Å². The van der Waals surface area contributed by atoms with E-state index in [2.05, 4.69) is 26.3 Å². The van der Waals surface area contributed by atoms with E-state index in [0.717, 1.165) is 44.2 Å². The first-order valence-electron chi connectivity index (χ1n) is 5.02. The highest BCUT2D eigenvalue weighted by atomic mass is 79.9. The molecule has 0 aromatic rings. The van der Waals surface area contributed by atoms with Crippen LogP contribution in [0.3, 0.4) is 0 Å². The van der Waals surface area contributed by atoms with Gasteiger partial charge in [-0.05, 0) is 12.8 Å². The Hall–Kier alpha value is -0.850. The minimum absolute atomic E-state index is 0.402. The van der Waals surface area contributed by atoms with Crippen LogP contribution in [0.25, 0.3) is 0 Å². The van der Waals surface area contributed by atoms with Crippen molar-refractivity contribution >= 4 is 21.9 Å². The monoisotopic (exact) mass is 278 g/mol. The second-order valence-corrected chi connectivity index (χ2v) is 4.12. The molecular weight excluding hydrogens is 264 g/mol. The Balaban J connectivity index is 2.30. The van der Waals surface area contributed by atoms with Crippen LogP contribution in [0.1, 0.15) is 19.3 Å². The molecule has 0 unspecified atom stereocenters. The summed E-state index contributed by atoms with van der Waals surface area (Å²) in [6.45, 7) is 2.39. The summed E-state index contributed by atoms with van der Waals surface area (Å²) in [6, 6.07) is 0. The highest BCUT2D eigenvalue weighted by molar-refractivity contribution is 9.09. The lowest BCUT2D eigenvalue weighted by Crippen LogP contribution is -2.31. The van der Waals surface area contributed by atoms with E-state index in [1.54, 1.807) is 0 Å². The summed E-state index contributed by atoms with van der Waals surface area (Å²) in [7, 11) is 0. The molecule has 0 spiro atoms. The maximum absolute atomic E-state index is 10.2. The van der Waals surface area contributed by atoms with Crippen molar-refractivity contribution in [2.45, 2.75) is 19.3 Å². The van der Waals surface area contributed by atoms with Crippen molar-refractivity contribution in [3.05, 3.63) is 10.1 Å². The van der Waals surface area contributed by atoms with Gasteiger partial charge in [0.2, 0.25) is 0 Å². The second kappa shape index (κ2) is 6.60. The zero-order valence-electron chi connectivity index (χ0n) is 8.49. The summed E-state index contributed by atoms with van der Waals surface area (Å²) in [4.78, 5) is 12.1. The summed E-state index contributed by atoms with van der Waals surface area (Å²) in [5.74, 6) is 0.402. The van der Waals surface area contributed by atoms with E-state index < -0.39 is 5.03 Å². The first kappa shape index (κ1) is 12.2. The lowest BCUT2D eigenvalue weighted by molar-refractivity contribution is -0.485. The lowest BCUT2D eigenvalue weighted by Gasteiger charge is -2.14. The van der Waals surface area contributed by atoms with Crippen LogP contribution < -0.4 is 5.32 Å². The third kappa shape index (κ3) is 4.46. The Labute approximate surface area is 97.0 Å². The molecule has 0 aromatic carbocycles. The normalized spacial score (nSPS) is 18.2. The number of hydrazone groups is 1. The third-order valence-corrected chi connectivity index (χ3v) is 2.76. The molecule has 0 radical (unpaired) electrons. The number of nitrogens with zero attached hydrogens (tertiary/aromatic N) is 3. The molecule has 1 rings (SSSR count). The minimum atomic E-state index is -0.654. The largest absolute Gasteiger partial charge is 0.349 e. The second-order valence-electron chi connectivity index (χ2n) is 3.32. The zero-order chi connectivity index (χ0) is 11.1. The first-order valence-corrected chi connectivity index (χ1v) is 6.14. The van der Waals surface area contributed by atoms with E-state index >= 15 is 0 Å². The Bertz CT molecular complexity index is 247. The van der Waals surface area contributed by atoms with E-state index in [1.165, 1.54) is 0 Å². The zero-order valence-corrected chi connectivity index (χ0v) is 10.1. The summed E-state index contributed by atoms with van der Waals surface area (Å²) >= 11 is 3.37. The van der Waals surface area contributed by atoms with Gasteiger partial charge in [-0.2, -0.15) is 0 Å². The average molecular weight is 279 g/mol. The predicted octanol–water partition coefficient (Wildman–Crippen LogP) is 1.00. The van der Waals surface area contributed by atoms with Crippen LogP contribution in [-0.2, 0) is 0 Å². The predicted molar refractivity (Wildman–Crippen MR) is 61.7 cm³/mol. The highest BCUT2D eigenvalue weighted by Crippen LogP contribution is 2.04. The summed E-state index contributed by atoms with van der Waals surface area (Å²) < 4.78 is 0. The quantitative estimate of drug-likeness (QED) is 0.341. The minimum Gasteiger partial charge on any atom is -0.349 e. The summed E-state index contributed by atoms with van der Waals surface area (Å²) in [5, 5.41) is 16.8. The fraction of sp³-hybridized carbons (Fsp3) is 0.875. The van der Waals surface area contributed by atoms with Crippen molar-refractivity contribution in [2.75, 3.05) is 25.0 Å². The van der Waals surface area contributed by atoms with Crippen LogP contribution in [0.4, 0.5) is 0 Å². The summed E-state index contributed by atoms with van der Waals surface area (Å²) in [5.41, 5.74) is 0. The molecule has 0 atom stereocenters. The van der Waals surface area contributed by atoms with Crippen LogP contribution in [0.15, 0.2) is 5.10 Å². The van der Waals surface area contributed by atoms with Crippen molar-refractivity contribution in [3.8, 4) is 0 Å². The molecule has 1 saturated heterocycles. The Morgan fingerprint density at radius 2 is 2.33 bits per heavy atom. The van der Waals surface area contributed by atoms with Gasteiger partial charge in [0.15, 0.2) is 5.03 Å². The number of nitrogens with one attached hydrogen (secondary N) is 1. The smallest absolute Gasteiger partial charge is 0.271 e. The Morgan fingerprint density at radius 1 is 1.53 bits per heavy atom. The van der Waals surface area contributed by atoms with Crippen LogP contribution in [-0.4, -0.2) is 40.9 Å². The van der Waals surface area contributed by atoms with Crippen molar-refractivity contribution < 1.29 is 5.03 Å². The van der Waals surface area contributed by atoms with Gasteiger partial charge in [-0.1, -0.05) is 22.4 Å². The number of guanidine groups is 1. The molecule has 0 aliphatic carbocycles. The van der Waals surface area contributed by atoms with Crippen molar-refractivity contribution in [3.63, 3.8) is 0 Å². The van der Waals surface area contributed by atoms with Crippen LogP contribution in [0.2, 0.25) is 0 Å². The standard InChI is InChI=1S/C8H15BrN4O2/c9-4-2-1-3-6-12-7-5-10-8(12)11-13(14)15/h1-7H2,(H,10,11). The molecule has 1 aliphatic heterocycles. The van der Waals surface area contributed by atoms with Gasteiger partial charge < -0.3 is 10.2 Å². The van der Waals surface area contributed by atoms with Crippen molar-refractivity contribution in [1.29, 1.82) is 0 Å². The molecule has 0 saturated carbocycles. The van der Waals surface area contributed by atoms with Crippen molar-refractivity contribution in [1.82, 2.24) is 10.2 Å². The average Bonchev–Trinajstić information content (AvgIpc) is 2.59. The summed E-state index contributed by atoms with van der Waals surface area (Å²) in [6.07, 6.45) is 3.32. The fourth-order valence-corrected chi connectivity index (χ4v) is 1.88. The molecule has 0 amide bonds.